The molecule has 0 atom stereocenters. The Morgan fingerprint density at radius 2 is 2.47 bits per heavy atom. The molecule has 0 spiro atoms. The fourth-order valence-electron chi connectivity index (χ4n) is 1.15. The number of aromatic nitrogens is 2. The molecule has 2 N–H and O–H groups in total. The van der Waals surface area contributed by atoms with Crippen molar-refractivity contribution in [3.8, 4) is 10.7 Å². The molecule has 15 heavy (non-hydrogen) atoms. The number of hydrogen-bond donors (Lipinski definition) is 1. The zero-order valence-corrected chi connectivity index (χ0v) is 8.36. The number of thiophene rings is 1. The van der Waals surface area contributed by atoms with E-state index in [1.807, 2.05) is 11.4 Å². The molecule has 0 aliphatic carbocycles. The van der Waals surface area contributed by atoms with E-state index in [0.717, 1.165) is 9.44 Å². The third-order valence-electron chi connectivity index (χ3n) is 1.74. The van der Waals surface area contributed by atoms with Crippen LogP contribution in [0.4, 0.5) is 0 Å². The largest absolute Gasteiger partial charge is 0.442 e. The molecular formula is C8H7N3O3S. The Labute approximate surface area is 87.9 Å². The van der Waals surface area contributed by atoms with Crippen LogP contribution < -0.4 is 11.5 Å². The van der Waals surface area contributed by atoms with Crippen LogP contribution in [-0.2, 0) is 11.3 Å². The average Bonchev–Trinajstić information content (AvgIpc) is 2.76. The molecule has 6 nitrogen and oxygen atoms in total. The molecule has 0 aromatic carbocycles. The highest BCUT2D eigenvalue weighted by molar-refractivity contribution is 7.13. The van der Waals surface area contributed by atoms with Crippen molar-refractivity contribution in [2.24, 2.45) is 5.73 Å². The summed E-state index contributed by atoms with van der Waals surface area (Å²) in [4.78, 5) is 22.7. The standard InChI is InChI=1S/C8H7N3O3S/c9-6(12)4-11-7(10-14-8(11)13)5-2-1-3-15-5/h1-3H,4H2,(H2,9,12). The summed E-state index contributed by atoms with van der Waals surface area (Å²) in [5, 5.41) is 5.43. The minimum absolute atomic E-state index is 0.227. The molecule has 78 valence electrons. The number of hydrogen-bond acceptors (Lipinski definition) is 5. The van der Waals surface area contributed by atoms with E-state index in [0.29, 0.717) is 5.82 Å². The van der Waals surface area contributed by atoms with Crippen LogP contribution in [0, 0.1) is 0 Å². The van der Waals surface area contributed by atoms with Gasteiger partial charge in [0.15, 0.2) is 5.82 Å². The van der Waals surface area contributed by atoms with Gasteiger partial charge in [0.2, 0.25) is 5.91 Å². The average molecular weight is 225 g/mol. The van der Waals surface area contributed by atoms with Gasteiger partial charge in [-0.05, 0) is 11.4 Å². The lowest BCUT2D eigenvalue weighted by molar-refractivity contribution is -0.118. The Morgan fingerprint density at radius 3 is 3.07 bits per heavy atom. The van der Waals surface area contributed by atoms with Crippen LogP contribution in [0.2, 0.25) is 0 Å². The summed E-state index contributed by atoms with van der Waals surface area (Å²) in [5.74, 6) is -0.968. The van der Waals surface area contributed by atoms with Gasteiger partial charge in [0.05, 0.1) is 4.88 Å². The van der Waals surface area contributed by atoms with E-state index in [-0.39, 0.29) is 6.54 Å². The lowest BCUT2D eigenvalue weighted by atomic mass is 10.4. The summed E-state index contributed by atoms with van der Waals surface area (Å²) in [5.41, 5.74) is 5.01. The quantitative estimate of drug-likeness (QED) is 0.798. The predicted octanol–water partition coefficient (Wildman–Crippen LogP) is 0.0501. The molecule has 2 rings (SSSR count). The molecule has 2 aromatic rings. The summed E-state index contributed by atoms with van der Waals surface area (Å²) in [7, 11) is 0. The molecule has 7 heteroatoms. The Morgan fingerprint density at radius 1 is 1.67 bits per heavy atom. The van der Waals surface area contributed by atoms with E-state index in [1.165, 1.54) is 11.3 Å². The molecule has 0 saturated heterocycles. The van der Waals surface area contributed by atoms with Crippen molar-refractivity contribution < 1.29 is 9.32 Å². The summed E-state index contributed by atoms with van der Waals surface area (Å²) >= 11 is 1.40. The second-order valence-corrected chi connectivity index (χ2v) is 3.75. The van der Waals surface area contributed by atoms with Crippen molar-refractivity contribution in [2.75, 3.05) is 0 Å². The number of amides is 1. The fraction of sp³-hybridized carbons (Fsp3) is 0.125. The van der Waals surface area contributed by atoms with E-state index in [9.17, 15) is 9.59 Å². The van der Waals surface area contributed by atoms with Crippen molar-refractivity contribution in [2.45, 2.75) is 6.54 Å². The molecule has 2 aromatic heterocycles. The smallest absolute Gasteiger partial charge is 0.368 e. The van der Waals surface area contributed by atoms with Gasteiger partial charge in [-0.25, -0.2) is 9.36 Å². The number of carbonyl (C=O) groups excluding carboxylic acids is 1. The van der Waals surface area contributed by atoms with Crippen LogP contribution in [0.15, 0.2) is 26.8 Å². The molecule has 0 saturated carbocycles. The normalized spacial score (nSPS) is 10.4. The summed E-state index contributed by atoms with van der Waals surface area (Å²) in [6.07, 6.45) is 0. The van der Waals surface area contributed by atoms with Crippen LogP contribution in [0.25, 0.3) is 10.7 Å². The van der Waals surface area contributed by atoms with Crippen molar-refractivity contribution in [3.05, 3.63) is 28.1 Å². The number of nitrogens with two attached hydrogens (primary N) is 1. The molecule has 0 unspecified atom stereocenters. The lowest BCUT2D eigenvalue weighted by Crippen LogP contribution is -2.25. The van der Waals surface area contributed by atoms with E-state index in [2.05, 4.69) is 9.68 Å². The minimum Gasteiger partial charge on any atom is -0.368 e. The van der Waals surface area contributed by atoms with Crippen molar-refractivity contribution in [1.82, 2.24) is 9.72 Å². The highest BCUT2D eigenvalue weighted by Crippen LogP contribution is 2.21. The predicted molar refractivity (Wildman–Crippen MR) is 53.3 cm³/mol. The maximum absolute atomic E-state index is 11.2. The monoisotopic (exact) mass is 225 g/mol. The molecule has 0 aliphatic heterocycles. The zero-order valence-electron chi connectivity index (χ0n) is 7.54. The Hall–Kier alpha value is -1.89. The van der Waals surface area contributed by atoms with Gasteiger partial charge in [-0.2, -0.15) is 0 Å². The molecule has 0 bridgehead atoms. The van der Waals surface area contributed by atoms with E-state index in [1.54, 1.807) is 6.07 Å². The second-order valence-electron chi connectivity index (χ2n) is 2.80. The van der Waals surface area contributed by atoms with Gasteiger partial charge < -0.3 is 5.73 Å². The highest BCUT2D eigenvalue weighted by Gasteiger charge is 2.14. The summed E-state index contributed by atoms with van der Waals surface area (Å²) in [6.45, 7) is -0.227. The Kier molecular flexibility index (Phi) is 2.38. The SMILES string of the molecule is NC(=O)Cn1c(-c2cccs2)noc1=O. The Balaban J connectivity index is 2.49. The van der Waals surface area contributed by atoms with Crippen molar-refractivity contribution in [1.29, 1.82) is 0 Å². The summed E-state index contributed by atoms with van der Waals surface area (Å²) in [6, 6.07) is 3.59. The first kappa shape index (κ1) is 9.66. The maximum atomic E-state index is 11.2. The van der Waals surface area contributed by atoms with E-state index < -0.39 is 11.7 Å². The minimum atomic E-state index is -0.683. The number of primary amides is 1. The first-order chi connectivity index (χ1) is 7.18. The molecule has 0 aliphatic rings. The zero-order chi connectivity index (χ0) is 10.8. The molecule has 2 heterocycles. The number of nitrogens with zero attached hydrogens (tertiary/aromatic N) is 2. The van der Waals surface area contributed by atoms with Crippen molar-refractivity contribution in [3.63, 3.8) is 0 Å². The molecular weight excluding hydrogens is 218 g/mol. The van der Waals surface area contributed by atoms with E-state index >= 15 is 0 Å². The molecule has 0 fully saturated rings. The van der Waals surface area contributed by atoms with Crippen molar-refractivity contribution >= 4 is 17.2 Å². The van der Waals surface area contributed by atoms with Crippen LogP contribution in [-0.4, -0.2) is 15.6 Å². The highest BCUT2D eigenvalue weighted by atomic mass is 32.1. The van der Waals surface area contributed by atoms with Crippen LogP contribution >= 0.6 is 11.3 Å². The fourth-order valence-corrected chi connectivity index (χ4v) is 1.86. The van der Waals surface area contributed by atoms with Gasteiger partial charge in [0.1, 0.15) is 6.54 Å². The number of carbonyl (C=O) groups is 1. The van der Waals surface area contributed by atoms with Gasteiger partial charge in [-0.3, -0.25) is 9.32 Å². The van der Waals surface area contributed by atoms with Gasteiger partial charge in [0, 0.05) is 0 Å². The molecule has 1 amide bonds. The van der Waals surface area contributed by atoms with Gasteiger partial charge in [-0.1, -0.05) is 11.2 Å². The summed E-state index contributed by atoms with van der Waals surface area (Å²) < 4.78 is 5.58. The van der Waals surface area contributed by atoms with Crippen LogP contribution in [0.1, 0.15) is 0 Å². The topological polar surface area (TPSA) is 91.1 Å². The van der Waals surface area contributed by atoms with Crippen LogP contribution in [0.3, 0.4) is 0 Å². The number of rotatable bonds is 3. The third-order valence-corrected chi connectivity index (χ3v) is 2.61. The second kappa shape index (κ2) is 3.70. The van der Waals surface area contributed by atoms with Crippen LogP contribution in [0.5, 0.6) is 0 Å². The lowest BCUT2D eigenvalue weighted by Gasteiger charge is -1.97. The third kappa shape index (κ3) is 1.82. The first-order valence-corrected chi connectivity index (χ1v) is 4.95. The first-order valence-electron chi connectivity index (χ1n) is 4.07. The molecule has 0 radical (unpaired) electrons. The van der Waals surface area contributed by atoms with E-state index in [4.69, 9.17) is 5.73 Å². The Bertz CT molecular complexity index is 526. The van der Waals surface area contributed by atoms with Gasteiger partial charge in [0.25, 0.3) is 0 Å². The maximum Gasteiger partial charge on any atom is 0.442 e. The van der Waals surface area contributed by atoms with Gasteiger partial charge >= 0.3 is 5.76 Å². The van der Waals surface area contributed by atoms with Gasteiger partial charge in [-0.15, -0.1) is 11.3 Å².